The van der Waals surface area contributed by atoms with Gasteiger partial charge in [-0.25, -0.2) is 0 Å². The minimum atomic E-state index is -4.17. The molecule has 0 heterocycles. The van der Waals surface area contributed by atoms with Crippen molar-refractivity contribution in [3.8, 4) is 0 Å². The maximum Gasteiger partial charge on any atom is 0.306 e. The molecule has 0 aliphatic heterocycles. The first-order valence-corrected chi connectivity index (χ1v) is 44.7. The van der Waals surface area contributed by atoms with Crippen LogP contribution in [-0.2, 0) is 56.3 Å². The Bertz CT molecular complexity index is 1800. The summed E-state index contributed by atoms with van der Waals surface area (Å²) in [5, 5.41) is 0. The van der Waals surface area contributed by atoms with Crippen LogP contribution >= 0.6 is 15.2 Å². The molecular formula is C80H158N2O14P2. The molecule has 0 aromatic carbocycles. The standard InChI is InChI=1S/C80H158N2O14P2/c1-9-11-13-15-17-19-21-39-43-47-51-55-59-63-77(83)91-71-75(73-93-97(87,88)69-67-81(3,4)5)95-79(85)65-61-57-53-49-45-41-37-35-33-31-29-27-25-23-24-26-28-30-32-34-36-38-42-46-50-54-58-62-66-80(86)96-76(74-94-98(89,90)70-68-82(6,7)8)72-92-78(84)64-60-56-52-48-44-40-22-20-18-16-14-12-10-2/h75-76H,9-74H2,1-8H3/t75-,76-/m0/s1. The zero-order valence-corrected chi connectivity index (χ0v) is 67.1. The highest BCUT2D eigenvalue weighted by molar-refractivity contribution is 7.51. The van der Waals surface area contributed by atoms with Crippen LogP contribution in [0.15, 0.2) is 0 Å². The molecule has 582 valence electrons. The smallest absolute Gasteiger partial charge is 0.306 e. The van der Waals surface area contributed by atoms with E-state index >= 15 is 0 Å². The summed E-state index contributed by atoms with van der Waals surface area (Å²) in [6, 6.07) is 0. The van der Waals surface area contributed by atoms with Crippen molar-refractivity contribution >= 4 is 39.1 Å². The first-order valence-electron chi connectivity index (χ1n) is 41.3. The van der Waals surface area contributed by atoms with E-state index < -0.39 is 39.3 Å². The van der Waals surface area contributed by atoms with Crippen molar-refractivity contribution in [1.29, 1.82) is 0 Å². The number of esters is 4. The van der Waals surface area contributed by atoms with Crippen molar-refractivity contribution in [2.45, 2.75) is 398 Å². The van der Waals surface area contributed by atoms with Gasteiger partial charge in [-0.15, -0.1) is 0 Å². The van der Waals surface area contributed by atoms with Gasteiger partial charge in [-0.1, -0.05) is 335 Å². The third-order valence-corrected chi connectivity index (χ3v) is 21.5. The number of quaternary nitrogens is 2. The van der Waals surface area contributed by atoms with E-state index in [1.54, 1.807) is 0 Å². The second-order valence-electron chi connectivity index (χ2n) is 31.3. The molecule has 0 aliphatic carbocycles. The van der Waals surface area contributed by atoms with Crippen molar-refractivity contribution < 1.29 is 75.1 Å². The van der Waals surface area contributed by atoms with E-state index in [2.05, 4.69) is 13.8 Å². The van der Waals surface area contributed by atoms with Gasteiger partial charge in [-0.3, -0.25) is 19.2 Å². The van der Waals surface area contributed by atoms with Crippen molar-refractivity contribution in [2.24, 2.45) is 0 Å². The lowest BCUT2D eigenvalue weighted by Gasteiger charge is -2.30. The SMILES string of the molecule is CCCCCCCCCCCCCCCC(=O)OC[C@@H](COP(=O)([O-])CC[N+](C)(C)C)OC(=O)CCCCCCCCCCCCCCCCCCCCCCCCCCCCCCC(=O)O[C@@H](COC(=O)CCCCCCCCCCCCCCC)COP(=O)([O-])CC[N+](C)(C)C. The number of nitrogens with zero attached hydrogens (tertiary/aromatic N) is 2. The minimum absolute atomic E-state index is 0.131. The van der Waals surface area contributed by atoms with Gasteiger partial charge in [-0.2, -0.15) is 0 Å². The van der Waals surface area contributed by atoms with E-state index in [-0.39, 0.29) is 63.5 Å². The fraction of sp³-hybridized carbons (Fsp3) is 0.950. The molecule has 0 bridgehead atoms. The Morgan fingerprint density at radius 3 is 0.633 bits per heavy atom. The first-order chi connectivity index (χ1) is 47.1. The second-order valence-corrected chi connectivity index (χ2v) is 35.1. The van der Waals surface area contributed by atoms with E-state index in [0.29, 0.717) is 47.7 Å². The van der Waals surface area contributed by atoms with Crippen molar-refractivity contribution in [3.05, 3.63) is 0 Å². The van der Waals surface area contributed by atoms with Crippen molar-refractivity contribution in [3.63, 3.8) is 0 Å². The Morgan fingerprint density at radius 2 is 0.449 bits per heavy atom. The van der Waals surface area contributed by atoms with Crippen molar-refractivity contribution in [1.82, 2.24) is 0 Å². The molecule has 0 saturated carbocycles. The van der Waals surface area contributed by atoms with Crippen molar-refractivity contribution in [2.75, 3.05) is 94.1 Å². The topological polar surface area (TPSA) is 204 Å². The third kappa shape index (κ3) is 73.8. The Morgan fingerprint density at radius 1 is 0.276 bits per heavy atom. The van der Waals surface area contributed by atoms with Crippen LogP contribution in [0, 0.1) is 0 Å². The average molecular weight is 1430 g/mol. The molecule has 0 amide bonds. The molecule has 0 aliphatic rings. The number of unbranched alkanes of at least 4 members (excludes halogenated alkanes) is 51. The monoisotopic (exact) mass is 1430 g/mol. The van der Waals surface area contributed by atoms with E-state index in [0.717, 1.165) is 77.0 Å². The molecule has 0 N–H and O–H groups in total. The predicted molar refractivity (Wildman–Crippen MR) is 403 cm³/mol. The normalized spacial score (nSPS) is 13.9. The molecule has 16 nitrogen and oxygen atoms in total. The number of hydrogen-bond donors (Lipinski definition) is 0. The quantitative estimate of drug-likeness (QED) is 0.0183. The molecule has 0 spiro atoms. The van der Waals surface area contributed by atoms with Crippen LogP contribution < -0.4 is 9.79 Å². The number of ether oxygens (including phenoxy) is 4. The Kier molecular flexibility index (Phi) is 65.7. The summed E-state index contributed by atoms with van der Waals surface area (Å²) in [5.41, 5.74) is 0. The van der Waals surface area contributed by atoms with E-state index in [1.165, 1.54) is 257 Å². The minimum Gasteiger partial charge on any atom is -0.778 e. The Balaban J connectivity index is 4.04. The molecule has 98 heavy (non-hydrogen) atoms. The maximum absolute atomic E-state index is 12.9. The first kappa shape index (κ1) is 96.1. The maximum atomic E-state index is 12.9. The van der Waals surface area contributed by atoms with Gasteiger partial charge in [-0.05, 0) is 25.7 Å². The highest BCUT2D eigenvalue weighted by atomic mass is 31.2. The van der Waals surface area contributed by atoms with Gasteiger partial charge in [0.05, 0.1) is 80.9 Å². The number of carbonyl (C=O) groups is 4. The summed E-state index contributed by atoms with van der Waals surface area (Å²) in [6.07, 6.45) is 64.7. The fourth-order valence-corrected chi connectivity index (χ4v) is 15.0. The summed E-state index contributed by atoms with van der Waals surface area (Å²) in [5.74, 6) is -1.56. The van der Waals surface area contributed by atoms with Gasteiger partial charge in [0.1, 0.15) is 28.4 Å². The lowest BCUT2D eigenvalue weighted by atomic mass is 10.0. The largest absolute Gasteiger partial charge is 0.778 e. The van der Waals surface area contributed by atoms with E-state index in [9.17, 15) is 38.1 Å². The van der Waals surface area contributed by atoms with Gasteiger partial charge in [0.25, 0.3) is 0 Å². The molecule has 2 unspecified atom stereocenters. The summed E-state index contributed by atoms with van der Waals surface area (Å²) < 4.78 is 59.2. The molecule has 0 aromatic rings. The van der Waals surface area contributed by atoms with Gasteiger partial charge in [0.15, 0.2) is 12.2 Å². The summed E-state index contributed by atoms with van der Waals surface area (Å²) >= 11 is 0. The lowest BCUT2D eigenvalue weighted by molar-refractivity contribution is -0.868. The summed E-state index contributed by atoms with van der Waals surface area (Å²) in [4.78, 5) is 76.3. The second kappa shape index (κ2) is 67.0. The fourth-order valence-electron chi connectivity index (χ4n) is 12.3. The van der Waals surface area contributed by atoms with Gasteiger partial charge in [0.2, 0.25) is 0 Å². The molecule has 0 fully saturated rings. The number of rotatable bonds is 77. The molecule has 4 atom stereocenters. The number of hydrogen-bond acceptors (Lipinski definition) is 14. The number of carbonyl (C=O) groups excluding carboxylic acids is 4. The Hall–Kier alpha value is -1.90. The van der Waals surface area contributed by atoms with Gasteiger partial charge < -0.3 is 55.9 Å². The van der Waals surface area contributed by atoms with Crippen LogP contribution in [0.1, 0.15) is 386 Å². The van der Waals surface area contributed by atoms with Crippen LogP contribution in [0.5, 0.6) is 0 Å². The third-order valence-electron chi connectivity index (χ3n) is 18.9. The van der Waals surface area contributed by atoms with E-state index in [1.807, 2.05) is 42.3 Å². The molecule has 18 heteroatoms. The summed E-state index contributed by atoms with van der Waals surface area (Å²) in [6.45, 7) is 4.13. The zero-order valence-electron chi connectivity index (χ0n) is 65.3. The van der Waals surface area contributed by atoms with Crippen LogP contribution in [0.2, 0.25) is 0 Å². The molecule has 0 radical (unpaired) electrons. The average Bonchev–Trinajstić information content (AvgIpc) is 1.04. The highest BCUT2D eigenvalue weighted by Crippen LogP contribution is 2.38. The molecule has 0 saturated heterocycles. The van der Waals surface area contributed by atoms with Crippen LogP contribution in [0.4, 0.5) is 0 Å². The summed E-state index contributed by atoms with van der Waals surface area (Å²) in [7, 11) is 3.16. The Labute approximate surface area is 603 Å². The van der Waals surface area contributed by atoms with E-state index in [4.69, 9.17) is 28.0 Å². The molecule has 0 rings (SSSR count). The van der Waals surface area contributed by atoms with Crippen LogP contribution in [0.25, 0.3) is 0 Å². The predicted octanol–water partition coefficient (Wildman–Crippen LogP) is 21.1. The lowest BCUT2D eigenvalue weighted by Crippen LogP contribution is -2.38. The molecule has 0 aromatic heterocycles. The van der Waals surface area contributed by atoms with Crippen LogP contribution in [-0.4, -0.2) is 139 Å². The molecular weight excluding hydrogens is 1270 g/mol. The van der Waals surface area contributed by atoms with Crippen LogP contribution in [0.3, 0.4) is 0 Å². The van der Waals surface area contributed by atoms with Gasteiger partial charge in [0, 0.05) is 25.7 Å². The highest BCUT2D eigenvalue weighted by Gasteiger charge is 2.24. The van der Waals surface area contributed by atoms with Gasteiger partial charge >= 0.3 is 23.9 Å². The zero-order chi connectivity index (χ0) is 72.4.